The van der Waals surface area contributed by atoms with Crippen LogP contribution in [0, 0.1) is 6.92 Å². The molecule has 0 aliphatic heterocycles. The predicted octanol–water partition coefficient (Wildman–Crippen LogP) is 1.53. The Bertz CT molecular complexity index is 618. The van der Waals surface area contributed by atoms with E-state index in [0.29, 0.717) is 4.88 Å². The van der Waals surface area contributed by atoms with E-state index in [1.807, 2.05) is 0 Å². The molecule has 1 rings (SSSR count). The van der Waals surface area contributed by atoms with Crippen molar-refractivity contribution >= 4 is 47.1 Å². The molecule has 18 heavy (non-hydrogen) atoms. The highest BCUT2D eigenvalue weighted by Gasteiger charge is 2.18. The monoisotopic (exact) mass is 375 g/mol. The lowest BCUT2D eigenvalue weighted by atomic mass is 10.5. The highest BCUT2D eigenvalue weighted by Crippen LogP contribution is 2.29. The van der Waals surface area contributed by atoms with Gasteiger partial charge in [0.15, 0.2) is 0 Å². The first-order chi connectivity index (χ1) is 8.12. The summed E-state index contributed by atoms with van der Waals surface area (Å²) in [4.78, 5) is 0.927. The van der Waals surface area contributed by atoms with Gasteiger partial charge >= 0.3 is 0 Å². The number of aryl methyl sites for hydroxylation is 1. The molecule has 0 aromatic carbocycles. The van der Waals surface area contributed by atoms with Crippen LogP contribution in [0.2, 0.25) is 0 Å². The second kappa shape index (κ2) is 6.00. The highest BCUT2D eigenvalue weighted by atomic mass is 79.9. The van der Waals surface area contributed by atoms with Gasteiger partial charge in [0.1, 0.15) is 9.84 Å². The highest BCUT2D eigenvalue weighted by molar-refractivity contribution is 9.11. The molecule has 0 bridgehead atoms. The molecule has 1 N–H and O–H groups in total. The van der Waals surface area contributed by atoms with Crippen molar-refractivity contribution in [3.8, 4) is 0 Å². The van der Waals surface area contributed by atoms with Crippen LogP contribution >= 0.6 is 27.3 Å². The Morgan fingerprint density at radius 1 is 1.33 bits per heavy atom. The molecule has 0 amide bonds. The summed E-state index contributed by atoms with van der Waals surface area (Å²) in [6.45, 7) is 1.84. The molecule has 1 aromatic heterocycles. The van der Waals surface area contributed by atoms with E-state index in [9.17, 15) is 16.8 Å². The van der Waals surface area contributed by atoms with Crippen LogP contribution < -0.4 is 4.72 Å². The van der Waals surface area contributed by atoms with Crippen molar-refractivity contribution in [2.75, 3.05) is 18.6 Å². The molecule has 1 heterocycles. The standard InChI is InChI=1S/C9H14BrNO4S3/c1-7-8(6-9(10)16-7)18(14,15)11-4-3-5-17(2,12)13/h6,11H,3-5H2,1-2H3. The van der Waals surface area contributed by atoms with Gasteiger partial charge in [0.2, 0.25) is 10.0 Å². The molecule has 5 nitrogen and oxygen atoms in total. The van der Waals surface area contributed by atoms with E-state index >= 15 is 0 Å². The van der Waals surface area contributed by atoms with Crippen LogP contribution in [0.25, 0.3) is 0 Å². The molecule has 0 aliphatic carbocycles. The molecule has 0 radical (unpaired) electrons. The Hall–Kier alpha value is 0.0400. The molecule has 0 atom stereocenters. The molecule has 9 heteroatoms. The molecular weight excluding hydrogens is 362 g/mol. The number of rotatable bonds is 6. The number of thiophene rings is 1. The molecular formula is C9H14BrNO4S3. The lowest BCUT2D eigenvalue weighted by Gasteiger charge is -2.05. The van der Waals surface area contributed by atoms with E-state index in [-0.39, 0.29) is 23.6 Å². The summed E-state index contributed by atoms with van der Waals surface area (Å²) in [5.74, 6) is -0.0260. The molecule has 0 aliphatic rings. The SMILES string of the molecule is Cc1sc(Br)cc1S(=O)(=O)NCCCS(C)(=O)=O. The van der Waals surface area contributed by atoms with Gasteiger partial charge in [0, 0.05) is 17.7 Å². The van der Waals surface area contributed by atoms with Gasteiger partial charge in [-0.1, -0.05) is 0 Å². The largest absolute Gasteiger partial charge is 0.241 e. The average Bonchev–Trinajstić information content (AvgIpc) is 2.52. The number of hydrogen-bond acceptors (Lipinski definition) is 5. The first kappa shape index (κ1) is 16.1. The van der Waals surface area contributed by atoms with Gasteiger partial charge in [-0.05, 0) is 35.3 Å². The van der Waals surface area contributed by atoms with Crippen LogP contribution in [0.4, 0.5) is 0 Å². The summed E-state index contributed by atoms with van der Waals surface area (Å²) in [5, 5.41) is 0. The van der Waals surface area contributed by atoms with Crippen LogP contribution in [0.3, 0.4) is 0 Å². The van der Waals surface area contributed by atoms with Crippen molar-refractivity contribution in [3.05, 3.63) is 14.7 Å². The van der Waals surface area contributed by atoms with E-state index in [1.165, 1.54) is 11.3 Å². The Morgan fingerprint density at radius 3 is 2.39 bits per heavy atom. The molecule has 0 spiro atoms. The molecule has 0 saturated heterocycles. The van der Waals surface area contributed by atoms with Crippen LogP contribution in [-0.4, -0.2) is 35.4 Å². The third kappa shape index (κ3) is 4.96. The zero-order valence-electron chi connectivity index (χ0n) is 9.93. The van der Waals surface area contributed by atoms with Gasteiger partial charge < -0.3 is 0 Å². The minimum atomic E-state index is -3.55. The summed E-state index contributed by atoms with van der Waals surface area (Å²) in [6.07, 6.45) is 1.39. The van der Waals surface area contributed by atoms with Crippen molar-refractivity contribution in [3.63, 3.8) is 0 Å². The van der Waals surface area contributed by atoms with Crippen LogP contribution in [0.1, 0.15) is 11.3 Å². The number of nitrogens with one attached hydrogen (secondary N) is 1. The first-order valence-corrected chi connectivity index (χ1v) is 10.2. The zero-order valence-corrected chi connectivity index (χ0v) is 14.0. The number of halogens is 1. The molecule has 0 unspecified atom stereocenters. The quantitative estimate of drug-likeness (QED) is 0.764. The van der Waals surface area contributed by atoms with E-state index < -0.39 is 19.9 Å². The normalized spacial score (nSPS) is 12.8. The molecule has 1 aromatic rings. The molecule has 0 fully saturated rings. The van der Waals surface area contributed by atoms with Crippen molar-refractivity contribution in [2.24, 2.45) is 0 Å². The third-order valence-electron chi connectivity index (χ3n) is 2.12. The lowest BCUT2D eigenvalue weighted by Crippen LogP contribution is -2.26. The maximum atomic E-state index is 11.9. The fraction of sp³-hybridized carbons (Fsp3) is 0.556. The summed E-state index contributed by atoms with van der Waals surface area (Å²) in [5.41, 5.74) is 0. The summed E-state index contributed by atoms with van der Waals surface area (Å²) in [7, 11) is -6.60. The maximum Gasteiger partial charge on any atom is 0.241 e. The minimum Gasteiger partial charge on any atom is -0.229 e. The molecule has 104 valence electrons. The van der Waals surface area contributed by atoms with Crippen LogP contribution in [0.15, 0.2) is 14.7 Å². The second-order valence-electron chi connectivity index (χ2n) is 3.85. The predicted molar refractivity (Wildman–Crippen MR) is 76.3 cm³/mol. The van der Waals surface area contributed by atoms with Crippen molar-refractivity contribution < 1.29 is 16.8 Å². The number of hydrogen-bond donors (Lipinski definition) is 1. The van der Waals surface area contributed by atoms with Crippen molar-refractivity contribution in [2.45, 2.75) is 18.2 Å². The fourth-order valence-corrected chi connectivity index (χ4v) is 5.47. The van der Waals surface area contributed by atoms with Gasteiger partial charge in [-0.2, -0.15) is 0 Å². The molecule has 0 saturated carbocycles. The third-order valence-corrected chi connectivity index (χ3v) is 6.42. The zero-order chi connectivity index (χ0) is 14.0. The second-order valence-corrected chi connectivity index (χ2v) is 10.5. The Kier molecular flexibility index (Phi) is 5.36. The van der Waals surface area contributed by atoms with E-state index in [1.54, 1.807) is 13.0 Å². The number of sulfone groups is 1. The van der Waals surface area contributed by atoms with Gasteiger partial charge in [-0.25, -0.2) is 21.6 Å². The lowest BCUT2D eigenvalue weighted by molar-refractivity contribution is 0.577. The number of sulfonamides is 1. The van der Waals surface area contributed by atoms with E-state index in [0.717, 1.165) is 10.0 Å². The maximum absolute atomic E-state index is 11.9. The van der Waals surface area contributed by atoms with Crippen molar-refractivity contribution in [1.29, 1.82) is 0 Å². The topological polar surface area (TPSA) is 80.3 Å². The van der Waals surface area contributed by atoms with Crippen LogP contribution in [-0.2, 0) is 19.9 Å². The summed E-state index contributed by atoms with van der Waals surface area (Å²) in [6, 6.07) is 1.54. The first-order valence-electron chi connectivity index (χ1n) is 5.05. The summed E-state index contributed by atoms with van der Waals surface area (Å²) < 4.78 is 48.8. The average molecular weight is 376 g/mol. The van der Waals surface area contributed by atoms with Gasteiger partial charge in [0.25, 0.3) is 0 Å². The Morgan fingerprint density at radius 2 is 1.94 bits per heavy atom. The van der Waals surface area contributed by atoms with Gasteiger partial charge in [-0.3, -0.25) is 0 Å². The van der Waals surface area contributed by atoms with Crippen LogP contribution in [0.5, 0.6) is 0 Å². The Balaban J connectivity index is 2.64. The smallest absolute Gasteiger partial charge is 0.229 e. The fourth-order valence-electron chi connectivity index (χ4n) is 1.32. The van der Waals surface area contributed by atoms with Crippen molar-refractivity contribution in [1.82, 2.24) is 4.72 Å². The Labute approximate surface area is 120 Å². The van der Waals surface area contributed by atoms with Gasteiger partial charge in [-0.15, -0.1) is 11.3 Å². The van der Waals surface area contributed by atoms with E-state index in [2.05, 4.69) is 20.7 Å². The minimum absolute atomic E-state index is 0.0260. The summed E-state index contributed by atoms with van der Waals surface area (Å²) >= 11 is 4.57. The van der Waals surface area contributed by atoms with E-state index in [4.69, 9.17) is 0 Å². The van der Waals surface area contributed by atoms with Gasteiger partial charge in [0.05, 0.1) is 14.4 Å².